The molecular weight excluding hydrogens is 192 g/mol. The summed E-state index contributed by atoms with van der Waals surface area (Å²) in [6.45, 7) is 5.32. The second-order valence-electron chi connectivity index (χ2n) is 4.65. The lowest BCUT2D eigenvalue weighted by Gasteiger charge is -2.47. The number of nitrogens with two attached hydrogens (primary N) is 1. The summed E-state index contributed by atoms with van der Waals surface area (Å²) in [5.74, 6) is 0.0931. The lowest BCUT2D eigenvalue weighted by Crippen LogP contribution is -2.64. The van der Waals surface area contributed by atoms with E-state index < -0.39 is 5.54 Å². The van der Waals surface area contributed by atoms with Gasteiger partial charge in [0.1, 0.15) is 5.54 Å². The minimum atomic E-state index is -0.715. The Hall–Kier alpha value is -0.610. The van der Waals surface area contributed by atoms with E-state index in [1.807, 2.05) is 6.92 Å². The normalized spacial score (nSPS) is 39.9. The first-order valence-electron chi connectivity index (χ1n) is 5.85. The van der Waals surface area contributed by atoms with Crippen molar-refractivity contribution in [1.29, 1.82) is 0 Å². The summed E-state index contributed by atoms with van der Waals surface area (Å²) >= 11 is 0. The molecule has 2 saturated heterocycles. The van der Waals surface area contributed by atoms with Crippen LogP contribution in [0, 0.1) is 5.92 Å². The third kappa shape index (κ3) is 1.88. The number of nitrogens with zero attached hydrogens (tertiary/aromatic N) is 1. The van der Waals surface area contributed by atoms with Crippen LogP contribution < -0.4 is 5.73 Å². The molecule has 0 spiro atoms. The van der Waals surface area contributed by atoms with Gasteiger partial charge in [-0.05, 0) is 32.7 Å². The molecule has 0 aromatic rings. The van der Waals surface area contributed by atoms with Gasteiger partial charge >= 0.3 is 5.97 Å². The smallest absolute Gasteiger partial charge is 0.326 e. The maximum Gasteiger partial charge on any atom is 0.326 e. The van der Waals surface area contributed by atoms with E-state index in [1.165, 1.54) is 0 Å². The van der Waals surface area contributed by atoms with Gasteiger partial charge in [-0.3, -0.25) is 4.79 Å². The van der Waals surface area contributed by atoms with Crippen LogP contribution >= 0.6 is 0 Å². The van der Waals surface area contributed by atoms with Gasteiger partial charge in [0.2, 0.25) is 0 Å². The quantitative estimate of drug-likeness (QED) is 0.672. The molecule has 2 aliphatic heterocycles. The summed E-state index contributed by atoms with van der Waals surface area (Å²) < 4.78 is 5.09. The van der Waals surface area contributed by atoms with Gasteiger partial charge in [-0.15, -0.1) is 0 Å². The van der Waals surface area contributed by atoms with Gasteiger partial charge < -0.3 is 15.4 Å². The van der Waals surface area contributed by atoms with Crippen molar-refractivity contribution >= 4 is 5.97 Å². The minimum Gasteiger partial charge on any atom is -0.465 e. The van der Waals surface area contributed by atoms with Crippen molar-refractivity contribution in [3.05, 3.63) is 0 Å². The van der Waals surface area contributed by atoms with Gasteiger partial charge in [0, 0.05) is 19.0 Å². The molecule has 2 fully saturated rings. The van der Waals surface area contributed by atoms with Gasteiger partial charge in [-0.25, -0.2) is 0 Å². The van der Waals surface area contributed by atoms with E-state index in [0.717, 1.165) is 38.9 Å². The molecule has 0 aromatic heterocycles. The van der Waals surface area contributed by atoms with Crippen LogP contribution in [0.15, 0.2) is 0 Å². The Morgan fingerprint density at radius 1 is 1.60 bits per heavy atom. The summed E-state index contributed by atoms with van der Waals surface area (Å²) in [5.41, 5.74) is 5.52. The molecule has 86 valence electrons. The molecule has 0 saturated carbocycles. The largest absolute Gasteiger partial charge is 0.465 e. The first-order valence-corrected chi connectivity index (χ1v) is 5.85. The van der Waals surface area contributed by atoms with Crippen LogP contribution in [0.5, 0.6) is 0 Å². The molecule has 0 aliphatic carbocycles. The topological polar surface area (TPSA) is 55.6 Å². The lowest BCUT2D eigenvalue weighted by molar-refractivity contribution is -0.155. The van der Waals surface area contributed by atoms with E-state index >= 15 is 0 Å². The Morgan fingerprint density at radius 3 is 3.13 bits per heavy atom. The number of esters is 1. The standard InChI is InChI=1S/C11H20N2O2/c1-2-15-10(14)11(12)5-7-13-6-3-4-9(11)8-13/h9H,2-8,12H2,1H3. The van der Waals surface area contributed by atoms with Crippen molar-refractivity contribution in [3.8, 4) is 0 Å². The Bertz CT molecular complexity index is 257. The summed E-state index contributed by atoms with van der Waals surface area (Å²) in [5, 5.41) is 0. The molecule has 4 heteroatoms. The molecule has 2 aliphatic rings. The molecule has 2 N–H and O–H groups in total. The molecule has 2 heterocycles. The van der Waals surface area contributed by atoms with Crippen molar-refractivity contribution in [1.82, 2.24) is 4.90 Å². The van der Waals surface area contributed by atoms with Crippen molar-refractivity contribution < 1.29 is 9.53 Å². The SMILES string of the molecule is CCOC(=O)C1(N)CCN2CCCC1C2. The van der Waals surface area contributed by atoms with Crippen LogP contribution in [-0.2, 0) is 9.53 Å². The third-order valence-electron chi connectivity index (χ3n) is 3.73. The Morgan fingerprint density at radius 2 is 2.40 bits per heavy atom. The summed E-state index contributed by atoms with van der Waals surface area (Å²) in [6, 6.07) is 0. The molecule has 0 aromatic carbocycles. The second kappa shape index (κ2) is 4.10. The van der Waals surface area contributed by atoms with E-state index in [4.69, 9.17) is 10.5 Å². The summed E-state index contributed by atoms with van der Waals surface area (Å²) in [6.07, 6.45) is 2.96. The van der Waals surface area contributed by atoms with Crippen LogP contribution in [0.1, 0.15) is 26.2 Å². The van der Waals surface area contributed by atoms with Gasteiger partial charge in [-0.2, -0.15) is 0 Å². The first-order chi connectivity index (χ1) is 7.16. The summed E-state index contributed by atoms with van der Waals surface area (Å²) in [7, 11) is 0. The molecule has 0 radical (unpaired) electrons. The highest BCUT2D eigenvalue weighted by molar-refractivity contribution is 5.81. The zero-order valence-electron chi connectivity index (χ0n) is 9.37. The molecule has 15 heavy (non-hydrogen) atoms. The molecule has 2 rings (SSSR count). The second-order valence-corrected chi connectivity index (χ2v) is 4.65. The number of hydrogen-bond donors (Lipinski definition) is 1. The van der Waals surface area contributed by atoms with Gasteiger partial charge in [-0.1, -0.05) is 0 Å². The Kier molecular flexibility index (Phi) is 2.98. The van der Waals surface area contributed by atoms with Crippen LogP contribution in [0.2, 0.25) is 0 Å². The van der Waals surface area contributed by atoms with E-state index in [1.54, 1.807) is 0 Å². The summed E-state index contributed by atoms with van der Waals surface area (Å²) in [4.78, 5) is 14.3. The number of piperidine rings is 2. The number of ether oxygens (including phenoxy) is 1. The number of carbonyl (C=O) groups is 1. The monoisotopic (exact) mass is 212 g/mol. The van der Waals surface area contributed by atoms with Crippen molar-refractivity contribution in [2.75, 3.05) is 26.2 Å². The fraction of sp³-hybridized carbons (Fsp3) is 0.909. The Balaban J connectivity index is 2.09. The predicted octanol–water partition coefficient (Wildman–Crippen LogP) is 0.363. The number of fused-ring (bicyclic) bond motifs is 2. The molecular formula is C11H20N2O2. The maximum absolute atomic E-state index is 11.9. The van der Waals surface area contributed by atoms with Crippen molar-refractivity contribution in [2.24, 2.45) is 11.7 Å². The molecule has 0 amide bonds. The number of rotatable bonds is 2. The van der Waals surface area contributed by atoms with Gasteiger partial charge in [0.15, 0.2) is 0 Å². The molecule has 2 bridgehead atoms. The zero-order chi connectivity index (χ0) is 10.9. The van der Waals surface area contributed by atoms with E-state index in [-0.39, 0.29) is 5.97 Å². The van der Waals surface area contributed by atoms with E-state index in [9.17, 15) is 4.79 Å². The fourth-order valence-corrected chi connectivity index (χ4v) is 2.76. The van der Waals surface area contributed by atoms with Crippen molar-refractivity contribution in [2.45, 2.75) is 31.7 Å². The maximum atomic E-state index is 11.9. The Labute approximate surface area is 90.8 Å². The van der Waals surface area contributed by atoms with Crippen LogP contribution in [0.3, 0.4) is 0 Å². The van der Waals surface area contributed by atoms with E-state index in [2.05, 4.69) is 4.90 Å². The highest BCUT2D eigenvalue weighted by atomic mass is 16.5. The van der Waals surface area contributed by atoms with Gasteiger partial charge in [0.25, 0.3) is 0 Å². The van der Waals surface area contributed by atoms with Crippen LogP contribution in [0.4, 0.5) is 0 Å². The number of carbonyl (C=O) groups excluding carboxylic acids is 1. The highest BCUT2D eigenvalue weighted by Crippen LogP contribution is 2.33. The number of hydrogen-bond acceptors (Lipinski definition) is 4. The first kappa shape index (κ1) is 10.9. The van der Waals surface area contributed by atoms with Gasteiger partial charge in [0.05, 0.1) is 6.61 Å². The van der Waals surface area contributed by atoms with Crippen LogP contribution in [-0.4, -0.2) is 42.6 Å². The molecule has 3 atom stereocenters. The highest BCUT2D eigenvalue weighted by Gasteiger charge is 2.47. The zero-order valence-corrected chi connectivity index (χ0v) is 9.37. The van der Waals surface area contributed by atoms with Crippen molar-refractivity contribution in [3.63, 3.8) is 0 Å². The van der Waals surface area contributed by atoms with E-state index in [0.29, 0.717) is 12.5 Å². The average molecular weight is 212 g/mol. The molecule has 4 nitrogen and oxygen atoms in total. The van der Waals surface area contributed by atoms with Crippen LogP contribution in [0.25, 0.3) is 0 Å². The fourth-order valence-electron chi connectivity index (χ4n) is 2.76. The minimum absolute atomic E-state index is 0.198. The lowest BCUT2D eigenvalue weighted by atomic mass is 9.74. The third-order valence-corrected chi connectivity index (χ3v) is 3.73. The predicted molar refractivity (Wildman–Crippen MR) is 57.3 cm³/mol. The average Bonchev–Trinajstić information content (AvgIpc) is 2.25. The molecule has 3 unspecified atom stereocenters.